The molecule has 6 heteroatoms. The van der Waals surface area contributed by atoms with Crippen molar-refractivity contribution < 1.29 is 9.59 Å². The molecule has 0 unspecified atom stereocenters. The maximum atomic E-state index is 12.5. The number of anilines is 1. The Bertz CT molecular complexity index is 881. The zero-order valence-electron chi connectivity index (χ0n) is 10.6. The minimum absolute atomic E-state index is 0.310. The molecule has 102 valence electrons. The van der Waals surface area contributed by atoms with Gasteiger partial charge in [0.1, 0.15) is 0 Å². The van der Waals surface area contributed by atoms with Crippen LogP contribution in [0.4, 0.5) is 5.69 Å². The Kier molecular flexibility index (Phi) is 2.49. The lowest BCUT2D eigenvalue weighted by atomic mass is 10.1. The summed E-state index contributed by atoms with van der Waals surface area (Å²) in [6, 6.07) is 10.4. The maximum Gasteiger partial charge on any atom is 0.266 e. The number of amides is 2. The van der Waals surface area contributed by atoms with Crippen LogP contribution in [0.15, 0.2) is 47.1 Å². The number of nitrogens with zero attached hydrogens (tertiary/aromatic N) is 2. The van der Waals surface area contributed by atoms with Crippen LogP contribution in [0, 0.1) is 0 Å². The molecule has 0 atom stereocenters. The van der Waals surface area contributed by atoms with E-state index in [4.69, 9.17) is 0 Å². The standard InChI is InChI=1S/C15H8BrN3O2/c16-11-5-8-7-17-18-12(8)6-13(11)19-14(20)9-3-1-2-4-10(9)15(19)21/h1-7H,(H,17,18). The third-order valence-electron chi connectivity index (χ3n) is 3.54. The molecule has 5 nitrogen and oxygen atoms in total. The fourth-order valence-corrected chi connectivity index (χ4v) is 3.07. The predicted octanol–water partition coefficient (Wildman–Crippen LogP) is 3.13. The summed E-state index contributed by atoms with van der Waals surface area (Å²) in [6.45, 7) is 0. The fourth-order valence-electron chi connectivity index (χ4n) is 2.53. The molecule has 0 aliphatic carbocycles. The number of nitrogens with one attached hydrogen (secondary N) is 1. The van der Waals surface area contributed by atoms with Crippen molar-refractivity contribution in [2.24, 2.45) is 0 Å². The Morgan fingerprint density at radius 3 is 2.38 bits per heavy atom. The van der Waals surface area contributed by atoms with Crippen molar-refractivity contribution in [2.75, 3.05) is 4.90 Å². The summed E-state index contributed by atoms with van der Waals surface area (Å²) in [5, 5.41) is 7.70. The van der Waals surface area contributed by atoms with Crippen molar-refractivity contribution in [1.29, 1.82) is 0 Å². The molecule has 1 aromatic heterocycles. The first kappa shape index (κ1) is 12.3. The number of benzene rings is 2. The smallest absolute Gasteiger partial charge is 0.266 e. The molecule has 0 radical (unpaired) electrons. The molecular formula is C15H8BrN3O2. The second-order valence-electron chi connectivity index (χ2n) is 4.75. The van der Waals surface area contributed by atoms with Gasteiger partial charge in [-0.15, -0.1) is 0 Å². The predicted molar refractivity (Wildman–Crippen MR) is 81.4 cm³/mol. The number of carbonyl (C=O) groups excluding carboxylic acids is 2. The van der Waals surface area contributed by atoms with E-state index in [2.05, 4.69) is 26.1 Å². The number of H-pyrrole nitrogens is 1. The van der Waals surface area contributed by atoms with Crippen LogP contribution in [0.3, 0.4) is 0 Å². The van der Waals surface area contributed by atoms with Crippen LogP contribution in [0.25, 0.3) is 10.9 Å². The number of aromatic amines is 1. The number of hydrogen-bond acceptors (Lipinski definition) is 3. The van der Waals surface area contributed by atoms with Crippen LogP contribution in [0.2, 0.25) is 0 Å². The summed E-state index contributed by atoms with van der Waals surface area (Å²) in [5.74, 6) is -0.620. The third-order valence-corrected chi connectivity index (χ3v) is 4.18. The topological polar surface area (TPSA) is 66.1 Å². The molecule has 1 N–H and O–H groups in total. The number of rotatable bonds is 1. The van der Waals surface area contributed by atoms with Crippen LogP contribution in [0.5, 0.6) is 0 Å². The van der Waals surface area contributed by atoms with Crippen LogP contribution in [-0.2, 0) is 0 Å². The summed E-state index contributed by atoms with van der Waals surface area (Å²) in [7, 11) is 0. The number of imide groups is 1. The van der Waals surface area contributed by atoms with Gasteiger partial charge in [0.05, 0.1) is 28.5 Å². The van der Waals surface area contributed by atoms with Gasteiger partial charge in [-0.1, -0.05) is 12.1 Å². The Balaban J connectivity index is 1.92. The van der Waals surface area contributed by atoms with Crippen molar-refractivity contribution in [3.05, 3.63) is 58.2 Å². The van der Waals surface area contributed by atoms with Gasteiger partial charge in [-0.3, -0.25) is 14.7 Å². The first-order valence-corrected chi connectivity index (χ1v) is 7.06. The minimum atomic E-state index is -0.310. The highest BCUT2D eigenvalue weighted by Crippen LogP contribution is 2.35. The van der Waals surface area contributed by atoms with Gasteiger partial charge < -0.3 is 0 Å². The first-order valence-electron chi connectivity index (χ1n) is 6.27. The number of fused-ring (bicyclic) bond motifs is 2. The van der Waals surface area contributed by atoms with Crippen molar-refractivity contribution in [2.45, 2.75) is 0 Å². The number of halogens is 1. The molecule has 21 heavy (non-hydrogen) atoms. The second-order valence-corrected chi connectivity index (χ2v) is 5.61. The highest BCUT2D eigenvalue weighted by molar-refractivity contribution is 9.10. The SMILES string of the molecule is O=C1c2ccccc2C(=O)N1c1cc2[nH]ncc2cc1Br. The molecule has 0 spiro atoms. The Hall–Kier alpha value is -2.47. The molecule has 1 aliphatic heterocycles. The van der Waals surface area contributed by atoms with Crippen molar-refractivity contribution in [3.63, 3.8) is 0 Å². The van der Waals surface area contributed by atoms with Crippen LogP contribution in [0.1, 0.15) is 20.7 Å². The van der Waals surface area contributed by atoms with Crippen LogP contribution in [-0.4, -0.2) is 22.0 Å². The average Bonchev–Trinajstić information content (AvgIpc) is 3.03. The Labute approximate surface area is 127 Å². The van der Waals surface area contributed by atoms with Gasteiger partial charge in [0.2, 0.25) is 0 Å². The highest BCUT2D eigenvalue weighted by atomic mass is 79.9. The van der Waals surface area contributed by atoms with Gasteiger partial charge in [0.15, 0.2) is 0 Å². The van der Waals surface area contributed by atoms with Crippen molar-refractivity contribution in [3.8, 4) is 0 Å². The quantitative estimate of drug-likeness (QED) is 0.691. The van der Waals surface area contributed by atoms with E-state index in [-0.39, 0.29) is 11.8 Å². The van der Waals surface area contributed by atoms with E-state index in [1.165, 1.54) is 4.90 Å². The first-order chi connectivity index (χ1) is 10.2. The lowest BCUT2D eigenvalue weighted by Crippen LogP contribution is -2.29. The molecular weight excluding hydrogens is 334 g/mol. The minimum Gasteiger partial charge on any atom is -0.278 e. The average molecular weight is 342 g/mol. The molecule has 2 heterocycles. The van der Waals surface area contributed by atoms with Crippen LogP contribution < -0.4 is 4.90 Å². The number of hydrogen-bond donors (Lipinski definition) is 1. The number of aromatic nitrogens is 2. The van der Waals surface area contributed by atoms with Crippen LogP contribution >= 0.6 is 15.9 Å². The lowest BCUT2D eigenvalue weighted by Gasteiger charge is -2.15. The van der Waals surface area contributed by atoms with E-state index in [1.54, 1.807) is 36.5 Å². The molecule has 0 fully saturated rings. The van der Waals surface area contributed by atoms with Crippen molar-refractivity contribution in [1.82, 2.24) is 10.2 Å². The van der Waals surface area contributed by atoms with Gasteiger partial charge in [-0.25, -0.2) is 4.90 Å². The van der Waals surface area contributed by atoms with E-state index < -0.39 is 0 Å². The molecule has 1 aliphatic rings. The van der Waals surface area contributed by atoms with Gasteiger partial charge in [0, 0.05) is 9.86 Å². The van der Waals surface area contributed by atoms with Gasteiger partial charge in [-0.2, -0.15) is 5.10 Å². The van der Waals surface area contributed by atoms with Gasteiger partial charge in [0.25, 0.3) is 11.8 Å². The number of carbonyl (C=O) groups is 2. The van der Waals surface area contributed by atoms with Gasteiger partial charge >= 0.3 is 0 Å². The van der Waals surface area contributed by atoms with Crippen molar-refractivity contribution >= 4 is 44.3 Å². The zero-order chi connectivity index (χ0) is 14.6. The Morgan fingerprint density at radius 2 is 1.71 bits per heavy atom. The lowest BCUT2D eigenvalue weighted by molar-refractivity contribution is 0.0926. The Morgan fingerprint density at radius 1 is 1.05 bits per heavy atom. The summed E-state index contributed by atoms with van der Waals surface area (Å²) in [6.07, 6.45) is 1.69. The van der Waals surface area contributed by atoms with E-state index >= 15 is 0 Å². The largest absolute Gasteiger partial charge is 0.278 e. The molecule has 0 saturated heterocycles. The maximum absolute atomic E-state index is 12.5. The summed E-state index contributed by atoms with van der Waals surface area (Å²) in [5.41, 5.74) is 2.14. The molecule has 3 aromatic rings. The van der Waals surface area contributed by atoms with E-state index in [9.17, 15) is 9.59 Å². The monoisotopic (exact) mass is 341 g/mol. The highest BCUT2D eigenvalue weighted by Gasteiger charge is 2.37. The van der Waals surface area contributed by atoms with E-state index in [0.29, 0.717) is 21.3 Å². The molecule has 4 rings (SSSR count). The molecule has 0 bridgehead atoms. The van der Waals surface area contributed by atoms with Gasteiger partial charge in [-0.05, 0) is 40.2 Å². The second kappa shape index (κ2) is 4.26. The van der Waals surface area contributed by atoms with E-state index in [0.717, 1.165) is 10.9 Å². The third kappa shape index (κ3) is 1.66. The van der Waals surface area contributed by atoms with E-state index in [1.807, 2.05) is 6.07 Å². The molecule has 0 saturated carbocycles. The fraction of sp³-hybridized carbons (Fsp3) is 0. The molecule has 2 amide bonds. The molecule has 2 aromatic carbocycles. The summed E-state index contributed by atoms with van der Waals surface area (Å²) >= 11 is 3.42. The normalized spacial score (nSPS) is 14.0. The summed E-state index contributed by atoms with van der Waals surface area (Å²) in [4.78, 5) is 26.2. The summed E-state index contributed by atoms with van der Waals surface area (Å²) < 4.78 is 0.672. The zero-order valence-corrected chi connectivity index (χ0v) is 12.2.